The Bertz CT molecular complexity index is 985. The van der Waals surface area contributed by atoms with Crippen LogP contribution in [-0.4, -0.2) is 20.8 Å². The number of rotatable bonds is 4. The molecular weight excluding hydrogens is 409 g/mol. The third-order valence-corrected chi connectivity index (χ3v) is 5.43. The van der Waals surface area contributed by atoms with E-state index in [4.69, 9.17) is 23.2 Å². The first kappa shape index (κ1) is 19.7. The van der Waals surface area contributed by atoms with E-state index in [1.807, 2.05) is 24.3 Å². The van der Waals surface area contributed by atoms with Gasteiger partial charge in [-0.15, -0.1) is 10.2 Å². The lowest BCUT2D eigenvalue weighted by atomic mass is 10.2. The third-order valence-electron chi connectivity index (χ3n) is 4.93. The molecule has 6 nitrogen and oxygen atoms in total. The number of anilines is 2. The first-order valence-corrected chi connectivity index (χ1v) is 10.4. The number of nitrogens with one attached hydrogen (secondary N) is 1. The van der Waals surface area contributed by atoms with Gasteiger partial charge in [0, 0.05) is 28.7 Å². The summed E-state index contributed by atoms with van der Waals surface area (Å²) in [4.78, 5) is 14.8. The standard InChI is InChI=1S/C21H21Cl2N5O/c22-16-7-5-15(6-8-16)14-28(21(29)24-18-11-9-17(23)10-12-18)20-26-25-19-4-2-1-3-13-27(19)20/h5-12H,1-4,13-14H2,(H,24,29). The van der Waals surface area contributed by atoms with Crippen LogP contribution in [0.2, 0.25) is 10.0 Å². The average molecular weight is 430 g/mol. The molecule has 2 aromatic carbocycles. The van der Waals surface area contributed by atoms with Crippen molar-refractivity contribution in [2.24, 2.45) is 0 Å². The summed E-state index contributed by atoms with van der Waals surface area (Å²) >= 11 is 12.0. The number of fused-ring (bicyclic) bond motifs is 1. The van der Waals surface area contributed by atoms with Gasteiger partial charge in [0.2, 0.25) is 5.95 Å². The zero-order valence-electron chi connectivity index (χ0n) is 15.8. The Hall–Kier alpha value is -2.57. The van der Waals surface area contributed by atoms with Gasteiger partial charge in [-0.05, 0) is 54.8 Å². The third kappa shape index (κ3) is 4.71. The lowest BCUT2D eigenvalue weighted by Gasteiger charge is -2.23. The number of benzene rings is 2. The molecule has 2 heterocycles. The van der Waals surface area contributed by atoms with Crippen molar-refractivity contribution in [3.05, 3.63) is 70.0 Å². The van der Waals surface area contributed by atoms with Crippen molar-refractivity contribution in [1.82, 2.24) is 14.8 Å². The van der Waals surface area contributed by atoms with Crippen molar-refractivity contribution < 1.29 is 4.79 Å². The van der Waals surface area contributed by atoms with Gasteiger partial charge < -0.3 is 5.32 Å². The number of carbonyl (C=O) groups is 1. The minimum absolute atomic E-state index is 0.276. The number of aryl methyl sites for hydroxylation is 1. The highest BCUT2D eigenvalue weighted by Gasteiger charge is 2.25. The van der Waals surface area contributed by atoms with Crippen LogP contribution in [0.5, 0.6) is 0 Å². The zero-order valence-corrected chi connectivity index (χ0v) is 17.3. The smallest absolute Gasteiger partial charge is 0.307 e. The van der Waals surface area contributed by atoms with E-state index in [1.165, 1.54) is 0 Å². The van der Waals surface area contributed by atoms with Gasteiger partial charge in [-0.1, -0.05) is 41.8 Å². The van der Waals surface area contributed by atoms with Crippen LogP contribution < -0.4 is 10.2 Å². The van der Waals surface area contributed by atoms with Crippen LogP contribution in [-0.2, 0) is 19.5 Å². The molecule has 150 valence electrons. The van der Waals surface area contributed by atoms with E-state index < -0.39 is 0 Å². The maximum Gasteiger partial charge on any atom is 0.329 e. The Morgan fingerprint density at radius 1 is 0.966 bits per heavy atom. The minimum Gasteiger partial charge on any atom is -0.307 e. The molecule has 3 aromatic rings. The van der Waals surface area contributed by atoms with Gasteiger partial charge in [0.1, 0.15) is 5.82 Å². The fourth-order valence-corrected chi connectivity index (χ4v) is 3.65. The predicted octanol–water partition coefficient (Wildman–Crippen LogP) is 5.55. The zero-order chi connectivity index (χ0) is 20.2. The highest BCUT2D eigenvalue weighted by Crippen LogP contribution is 2.23. The van der Waals surface area contributed by atoms with E-state index in [0.717, 1.165) is 43.6 Å². The first-order valence-electron chi connectivity index (χ1n) is 9.61. The molecule has 4 rings (SSSR count). The SMILES string of the molecule is O=C(Nc1ccc(Cl)cc1)N(Cc1ccc(Cl)cc1)c1nnc2n1CCCCC2. The molecule has 0 unspecified atom stereocenters. The van der Waals surface area contributed by atoms with Gasteiger partial charge >= 0.3 is 6.03 Å². The Morgan fingerprint density at radius 3 is 2.38 bits per heavy atom. The van der Waals surface area contributed by atoms with Crippen LogP contribution >= 0.6 is 23.2 Å². The summed E-state index contributed by atoms with van der Waals surface area (Å²) in [5.74, 6) is 1.49. The summed E-state index contributed by atoms with van der Waals surface area (Å²) in [6.45, 7) is 1.16. The largest absolute Gasteiger partial charge is 0.329 e. The molecule has 0 spiro atoms. The minimum atomic E-state index is -0.276. The molecule has 1 aliphatic rings. The van der Waals surface area contributed by atoms with E-state index in [0.29, 0.717) is 28.2 Å². The highest BCUT2D eigenvalue weighted by molar-refractivity contribution is 6.30. The molecule has 1 aliphatic heterocycles. The summed E-state index contributed by atoms with van der Waals surface area (Å²) in [5, 5.41) is 12.9. The van der Waals surface area contributed by atoms with E-state index in [2.05, 4.69) is 20.1 Å². The Morgan fingerprint density at radius 2 is 1.66 bits per heavy atom. The molecule has 0 bridgehead atoms. The highest BCUT2D eigenvalue weighted by atomic mass is 35.5. The average Bonchev–Trinajstić information content (AvgIpc) is 2.96. The normalized spacial score (nSPS) is 13.4. The topological polar surface area (TPSA) is 63.1 Å². The molecule has 0 saturated carbocycles. The monoisotopic (exact) mass is 429 g/mol. The molecular formula is C21H21Cl2N5O. The number of hydrogen-bond donors (Lipinski definition) is 1. The molecule has 8 heteroatoms. The van der Waals surface area contributed by atoms with Gasteiger partial charge in [-0.2, -0.15) is 0 Å². The Balaban J connectivity index is 1.65. The molecule has 0 saturated heterocycles. The fourth-order valence-electron chi connectivity index (χ4n) is 3.40. The number of carbonyl (C=O) groups excluding carboxylic acids is 1. The van der Waals surface area contributed by atoms with Crippen molar-refractivity contribution in [3.63, 3.8) is 0 Å². The van der Waals surface area contributed by atoms with Crippen molar-refractivity contribution in [1.29, 1.82) is 0 Å². The Kier molecular flexibility index (Phi) is 6.02. The van der Waals surface area contributed by atoms with E-state index in [9.17, 15) is 4.79 Å². The molecule has 29 heavy (non-hydrogen) atoms. The van der Waals surface area contributed by atoms with Gasteiger partial charge in [0.05, 0.1) is 6.54 Å². The van der Waals surface area contributed by atoms with Crippen LogP contribution in [0.15, 0.2) is 48.5 Å². The summed E-state index contributed by atoms with van der Waals surface area (Å²) in [6.07, 6.45) is 4.16. The summed E-state index contributed by atoms with van der Waals surface area (Å²) in [5.41, 5.74) is 1.61. The van der Waals surface area contributed by atoms with Gasteiger partial charge in [0.25, 0.3) is 0 Å². The van der Waals surface area contributed by atoms with Gasteiger partial charge in [-0.3, -0.25) is 9.47 Å². The second kappa shape index (κ2) is 8.84. The number of nitrogens with zero attached hydrogens (tertiary/aromatic N) is 4. The fraction of sp³-hybridized carbons (Fsp3) is 0.286. The van der Waals surface area contributed by atoms with Crippen LogP contribution in [0.1, 0.15) is 30.7 Å². The van der Waals surface area contributed by atoms with Crippen LogP contribution in [0.4, 0.5) is 16.4 Å². The number of halogens is 2. The number of urea groups is 1. The van der Waals surface area contributed by atoms with Crippen LogP contribution in [0.3, 0.4) is 0 Å². The second-order valence-electron chi connectivity index (χ2n) is 7.03. The molecule has 1 N–H and O–H groups in total. The summed E-state index contributed by atoms with van der Waals surface area (Å²) in [7, 11) is 0. The molecule has 0 radical (unpaired) electrons. The second-order valence-corrected chi connectivity index (χ2v) is 7.90. The number of amides is 2. The maximum absolute atomic E-state index is 13.2. The first-order chi connectivity index (χ1) is 14.1. The van der Waals surface area contributed by atoms with Crippen LogP contribution in [0, 0.1) is 0 Å². The number of hydrogen-bond acceptors (Lipinski definition) is 3. The molecule has 0 fully saturated rings. The lowest BCUT2D eigenvalue weighted by Crippen LogP contribution is -2.36. The van der Waals surface area contributed by atoms with E-state index >= 15 is 0 Å². The summed E-state index contributed by atoms with van der Waals surface area (Å²) < 4.78 is 2.06. The van der Waals surface area contributed by atoms with Crippen molar-refractivity contribution in [2.45, 2.75) is 38.8 Å². The van der Waals surface area contributed by atoms with E-state index in [-0.39, 0.29) is 6.03 Å². The van der Waals surface area contributed by atoms with Crippen LogP contribution in [0.25, 0.3) is 0 Å². The van der Waals surface area contributed by atoms with Crippen molar-refractivity contribution in [3.8, 4) is 0 Å². The molecule has 0 aliphatic carbocycles. The molecule has 2 amide bonds. The predicted molar refractivity (Wildman–Crippen MR) is 116 cm³/mol. The van der Waals surface area contributed by atoms with E-state index in [1.54, 1.807) is 29.2 Å². The maximum atomic E-state index is 13.2. The molecule has 1 aromatic heterocycles. The van der Waals surface area contributed by atoms with Gasteiger partial charge in [0.15, 0.2) is 0 Å². The lowest BCUT2D eigenvalue weighted by molar-refractivity contribution is 0.256. The molecule has 0 atom stereocenters. The van der Waals surface area contributed by atoms with Crippen molar-refractivity contribution >= 4 is 40.9 Å². The quantitative estimate of drug-likeness (QED) is 0.590. The number of aromatic nitrogens is 3. The Labute approximate surface area is 179 Å². The van der Waals surface area contributed by atoms with Crippen molar-refractivity contribution in [2.75, 3.05) is 10.2 Å². The van der Waals surface area contributed by atoms with Gasteiger partial charge in [-0.25, -0.2) is 4.79 Å². The summed E-state index contributed by atoms with van der Waals surface area (Å²) in [6, 6.07) is 14.2.